The van der Waals surface area contributed by atoms with Crippen LogP contribution in [0.5, 0.6) is 0 Å². The third kappa shape index (κ3) is 3.31. The quantitative estimate of drug-likeness (QED) is 0.897. The lowest BCUT2D eigenvalue weighted by Gasteiger charge is -2.30. The van der Waals surface area contributed by atoms with Crippen molar-refractivity contribution in [3.8, 4) is 0 Å². The second-order valence-corrected chi connectivity index (χ2v) is 5.51. The van der Waals surface area contributed by atoms with Crippen molar-refractivity contribution >= 4 is 17.2 Å². The summed E-state index contributed by atoms with van der Waals surface area (Å²) in [5, 5.41) is 4.94. The van der Waals surface area contributed by atoms with E-state index in [2.05, 4.69) is 24.2 Å². The van der Waals surface area contributed by atoms with E-state index in [4.69, 9.17) is 4.74 Å². The third-order valence-electron chi connectivity index (χ3n) is 3.17. The Morgan fingerprint density at radius 2 is 2.50 bits per heavy atom. The van der Waals surface area contributed by atoms with Gasteiger partial charge in [0.2, 0.25) is 0 Å². The number of amides is 1. The molecule has 0 unspecified atom stereocenters. The fourth-order valence-electron chi connectivity index (χ4n) is 2.09. The highest BCUT2D eigenvalue weighted by Gasteiger charge is 2.19. The number of thiophene rings is 1. The maximum absolute atomic E-state index is 12.0. The van der Waals surface area contributed by atoms with E-state index in [1.807, 2.05) is 11.4 Å². The average molecular weight is 268 g/mol. The van der Waals surface area contributed by atoms with Crippen LogP contribution < -0.4 is 5.32 Å². The molecule has 1 aromatic rings. The Morgan fingerprint density at radius 1 is 1.67 bits per heavy atom. The summed E-state index contributed by atoms with van der Waals surface area (Å²) in [7, 11) is 2.08. The zero-order valence-electron chi connectivity index (χ0n) is 10.9. The molecular weight excluding hydrogens is 248 g/mol. The monoisotopic (exact) mass is 268 g/mol. The van der Waals surface area contributed by atoms with E-state index in [9.17, 15) is 4.79 Å². The van der Waals surface area contributed by atoms with E-state index in [1.54, 1.807) is 0 Å². The molecule has 1 amide bonds. The van der Waals surface area contributed by atoms with Crippen molar-refractivity contribution in [3.63, 3.8) is 0 Å². The fourth-order valence-corrected chi connectivity index (χ4v) is 3.00. The molecule has 1 N–H and O–H groups in total. The van der Waals surface area contributed by atoms with Crippen molar-refractivity contribution in [1.29, 1.82) is 0 Å². The summed E-state index contributed by atoms with van der Waals surface area (Å²) in [5.41, 5.74) is 1.12. The van der Waals surface area contributed by atoms with E-state index >= 15 is 0 Å². The molecular formula is C13H20N2O2S. The molecule has 2 rings (SSSR count). The highest BCUT2D eigenvalue weighted by molar-refractivity contribution is 7.12. The van der Waals surface area contributed by atoms with Crippen molar-refractivity contribution < 1.29 is 9.53 Å². The molecule has 0 saturated carbocycles. The minimum absolute atomic E-state index is 0.0266. The maximum Gasteiger partial charge on any atom is 0.261 e. The summed E-state index contributed by atoms with van der Waals surface area (Å²) in [6, 6.07) is 2.02. The Hall–Kier alpha value is -0.910. The molecule has 0 spiro atoms. The number of likely N-dealkylation sites (N-methyl/N-ethyl adjacent to an activating group) is 1. The fraction of sp³-hybridized carbons (Fsp3) is 0.615. The predicted octanol–water partition coefficient (Wildman–Crippen LogP) is 1.37. The number of carbonyl (C=O) groups is 1. The van der Waals surface area contributed by atoms with Gasteiger partial charge in [-0.1, -0.05) is 6.92 Å². The molecule has 1 aromatic heterocycles. The molecule has 1 saturated heterocycles. The first kappa shape index (κ1) is 13.5. The molecule has 0 aliphatic carbocycles. The summed E-state index contributed by atoms with van der Waals surface area (Å²) < 4.78 is 5.62. The van der Waals surface area contributed by atoms with Crippen LogP contribution in [0.25, 0.3) is 0 Å². The Labute approximate surface area is 112 Å². The number of nitrogens with zero attached hydrogens (tertiary/aromatic N) is 1. The molecule has 0 bridgehead atoms. The van der Waals surface area contributed by atoms with Gasteiger partial charge in [-0.2, -0.15) is 0 Å². The van der Waals surface area contributed by atoms with Crippen LogP contribution in [-0.2, 0) is 11.2 Å². The van der Waals surface area contributed by atoms with Crippen LogP contribution in [0.4, 0.5) is 0 Å². The number of rotatable bonds is 4. The first-order valence-electron chi connectivity index (χ1n) is 6.35. The second-order valence-electron chi connectivity index (χ2n) is 4.59. The van der Waals surface area contributed by atoms with Crippen LogP contribution in [0.2, 0.25) is 0 Å². The highest BCUT2D eigenvalue weighted by Crippen LogP contribution is 2.17. The van der Waals surface area contributed by atoms with Crippen molar-refractivity contribution in [2.75, 3.05) is 33.3 Å². The van der Waals surface area contributed by atoms with Gasteiger partial charge in [0.15, 0.2) is 0 Å². The van der Waals surface area contributed by atoms with Crippen LogP contribution in [-0.4, -0.2) is 50.2 Å². The molecule has 1 atom stereocenters. The van der Waals surface area contributed by atoms with E-state index in [1.165, 1.54) is 11.3 Å². The van der Waals surface area contributed by atoms with Crippen molar-refractivity contribution in [1.82, 2.24) is 10.2 Å². The van der Waals surface area contributed by atoms with Gasteiger partial charge in [0.1, 0.15) is 0 Å². The Kier molecular flexibility index (Phi) is 4.74. The average Bonchev–Trinajstić information content (AvgIpc) is 2.84. The van der Waals surface area contributed by atoms with E-state index < -0.39 is 0 Å². The summed E-state index contributed by atoms with van der Waals surface area (Å²) in [4.78, 5) is 15.1. The van der Waals surface area contributed by atoms with Crippen molar-refractivity contribution in [2.45, 2.75) is 19.4 Å². The normalized spacial score (nSPS) is 20.9. The zero-order chi connectivity index (χ0) is 13.0. The van der Waals surface area contributed by atoms with Gasteiger partial charge < -0.3 is 15.0 Å². The lowest BCUT2D eigenvalue weighted by molar-refractivity contribution is -0.0174. The van der Waals surface area contributed by atoms with Crippen LogP contribution in [0.1, 0.15) is 22.2 Å². The Bertz CT molecular complexity index is 405. The SMILES string of the molecule is CCc1ccsc1C(=O)NC[C@@H]1CN(C)CCO1. The Morgan fingerprint density at radius 3 is 3.22 bits per heavy atom. The molecule has 100 valence electrons. The van der Waals surface area contributed by atoms with Crippen LogP contribution in [0.3, 0.4) is 0 Å². The summed E-state index contributed by atoms with van der Waals surface area (Å²) in [6.45, 7) is 5.25. The standard InChI is InChI=1S/C13H20N2O2S/c1-3-10-4-7-18-12(10)13(16)14-8-11-9-15(2)5-6-17-11/h4,7,11H,3,5-6,8-9H2,1-2H3,(H,14,16)/t11-/m1/s1. The van der Waals surface area contributed by atoms with Crippen molar-refractivity contribution in [3.05, 3.63) is 21.9 Å². The third-order valence-corrected chi connectivity index (χ3v) is 4.12. The second kappa shape index (κ2) is 6.31. The molecule has 5 heteroatoms. The minimum Gasteiger partial charge on any atom is -0.374 e. The van der Waals surface area contributed by atoms with Crippen molar-refractivity contribution in [2.24, 2.45) is 0 Å². The number of aryl methyl sites for hydroxylation is 1. The first-order valence-corrected chi connectivity index (χ1v) is 7.23. The number of nitrogens with one attached hydrogen (secondary N) is 1. The topological polar surface area (TPSA) is 41.6 Å². The van der Waals surface area contributed by atoms with Crippen LogP contribution in [0, 0.1) is 0 Å². The minimum atomic E-state index is 0.0266. The number of ether oxygens (including phenoxy) is 1. The van der Waals surface area contributed by atoms with Gasteiger partial charge in [-0.05, 0) is 30.5 Å². The number of hydrogen-bond acceptors (Lipinski definition) is 4. The van der Waals surface area contributed by atoms with Crippen LogP contribution in [0.15, 0.2) is 11.4 Å². The zero-order valence-corrected chi connectivity index (χ0v) is 11.8. The van der Waals surface area contributed by atoms with E-state index in [-0.39, 0.29) is 12.0 Å². The van der Waals surface area contributed by atoms with Gasteiger partial charge in [-0.15, -0.1) is 11.3 Å². The predicted molar refractivity (Wildman–Crippen MR) is 73.3 cm³/mol. The lowest BCUT2D eigenvalue weighted by atomic mass is 10.2. The molecule has 1 aliphatic heterocycles. The first-order chi connectivity index (χ1) is 8.70. The van der Waals surface area contributed by atoms with E-state index in [0.717, 1.165) is 36.6 Å². The van der Waals surface area contributed by atoms with E-state index in [0.29, 0.717) is 6.54 Å². The molecule has 18 heavy (non-hydrogen) atoms. The largest absolute Gasteiger partial charge is 0.374 e. The molecule has 0 radical (unpaired) electrons. The number of morpholine rings is 1. The summed E-state index contributed by atoms with van der Waals surface area (Å²) in [6.07, 6.45) is 1.01. The summed E-state index contributed by atoms with van der Waals surface area (Å²) >= 11 is 1.51. The highest BCUT2D eigenvalue weighted by atomic mass is 32.1. The molecule has 1 fully saturated rings. The van der Waals surface area contributed by atoms with Gasteiger partial charge in [-0.3, -0.25) is 4.79 Å². The van der Waals surface area contributed by atoms with Gasteiger partial charge in [0.25, 0.3) is 5.91 Å². The van der Waals surface area contributed by atoms with Gasteiger partial charge in [0, 0.05) is 19.6 Å². The number of carbonyl (C=O) groups excluding carboxylic acids is 1. The molecule has 1 aliphatic rings. The number of hydrogen-bond donors (Lipinski definition) is 1. The smallest absolute Gasteiger partial charge is 0.261 e. The molecule has 4 nitrogen and oxygen atoms in total. The maximum atomic E-state index is 12.0. The molecule has 2 heterocycles. The van der Waals surface area contributed by atoms with Gasteiger partial charge in [0.05, 0.1) is 17.6 Å². The van der Waals surface area contributed by atoms with Gasteiger partial charge in [-0.25, -0.2) is 0 Å². The summed E-state index contributed by atoms with van der Waals surface area (Å²) in [5.74, 6) is 0.0266. The molecule has 0 aromatic carbocycles. The Balaban J connectivity index is 1.84. The van der Waals surface area contributed by atoms with Gasteiger partial charge >= 0.3 is 0 Å². The lowest BCUT2D eigenvalue weighted by Crippen LogP contribution is -2.45. The van der Waals surface area contributed by atoms with Crippen LogP contribution >= 0.6 is 11.3 Å².